The van der Waals surface area contributed by atoms with Crippen LogP contribution in [0.15, 0.2) is 24.3 Å². The van der Waals surface area contributed by atoms with Crippen LogP contribution in [0.1, 0.15) is 25.7 Å². The molecule has 1 aliphatic rings. The van der Waals surface area contributed by atoms with E-state index >= 15 is 0 Å². The van der Waals surface area contributed by atoms with Crippen molar-refractivity contribution < 1.29 is 14.7 Å². The monoisotopic (exact) mass is 290 g/mol. The van der Waals surface area contributed by atoms with Gasteiger partial charge in [0.1, 0.15) is 0 Å². The Hall–Kier alpha value is -2.04. The highest BCUT2D eigenvalue weighted by atomic mass is 16.4. The maximum Gasteiger partial charge on any atom is 0.307 e. The summed E-state index contributed by atoms with van der Waals surface area (Å²) < 4.78 is 0. The number of carbonyl (C=O) groups is 2. The van der Waals surface area contributed by atoms with E-state index in [1.54, 1.807) is 0 Å². The van der Waals surface area contributed by atoms with Crippen molar-refractivity contribution in [2.75, 3.05) is 24.3 Å². The summed E-state index contributed by atoms with van der Waals surface area (Å²) in [5.74, 6) is -2.03. The number of aliphatic carboxylic acids is 1. The van der Waals surface area contributed by atoms with Gasteiger partial charge in [-0.05, 0) is 37.1 Å². The molecule has 2 atom stereocenters. The predicted octanol–water partition coefficient (Wildman–Crippen LogP) is 2.58. The normalized spacial score (nSPS) is 21.6. The Bertz CT molecular complexity index is 511. The van der Waals surface area contributed by atoms with E-state index in [1.807, 2.05) is 43.3 Å². The van der Waals surface area contributed by atoms with Crippen LogP contribution in [0.25, 0.3) is 0 Å². The van der Waals surface area contributed by atoms with Gasteiger partial charge in [-0.2, -0.15) is 0 Å². The van der Waals surface area contributed by atoms with Crippen molar-refractivity contribution in [1.29, 1.82) is 0 Å². The fraction of sp³-hybridized carbons (Fsp3) is 0.500. The number of amides is 1. The number of anilines is 2. The van der Waals surface area contributed by atoms with Gasteiger partial charge in [-0.1, -0.05) is 12.8 Å². The molecule has 0 aliphatic heterocycles. The molecule has 2 rings (SSSR count). The predicted molar refractivity (Wildman–Crippen MR) is 82.5 cm³/mol. The largest absolute Gasteiger partial charge is 0.481 e. The van der Waals surface area contributed by atoms with Crippen LogP contribution in [-0.4, -0.2) is 31.1 Å². The Balaban J connectivity index is 2.04. The van der Waals surface area contributed by atoms with Gasteiger partial charge in [0.25, 0.3) is 0 Å². The molecule has 2 N–H and O–H groups in total. The number of benzene rings is 1. The van der Waals surface area contributed by atoms with E-state index in [9.17, 15) is 14.7 Å². The topological polar surface area (TPSA) is 69.6 Å². The summed E-state index contributed by atoms with van der Waals surface area (Å²) in [6.07, 6.45) is 3.05. The SMILES string of the molecule is CN(C)c1ccc(NC(=O)[C@@H]2CCCC[C@@H]2C(=O)O)cc1. The summed E-state index contributed by atoms with van der Waals surface area (Å²) in [6, 6.07) is 7.52. The van der Waals surface area contributed by atoms with Gasteiger partial charge in [0.15, 0.2) is 0 Å². The van der Waals surface area contributed by atoms with E-state index in [2.05, 4.69) is 5.32 Å². The number of carboxylic acids is 1. The van der Waals surface area contributed by atoms with Gasteiger partial charge in [-0.3, -0.25) is 9.59 Å². The molecule has 1 aliphatic carbocycles. The average Bonchev–Trinajstić information content (AvgIpc) is 2.47. The maximum absolute atomic E-state index is 12.3. The molecule has 0 aromatic heterocycles. The molecule has 114 valence electrons. The molecule has 5 nitrogen and oxygen atoms in total. The Morgan fingerprint density at radius 1 is 1.10 bits per heavy atom. The number of rotatable bonds is 4. The first kappa shape index (κ1) is 15.4. The lowest BCUT2D eigenvalue weighted by Crippen LogP contribution is -2.36. The first-order valence-electron chi connectivity index (χ1n) is 7.30. The summed E-state index contributed by atoms with van der Waals surface area (Å²) in [5, 5.41) is 12.1. The summed E-state index contributed by atoms with van der Waals surface area (Å²) >= 11 is 0. The van der Waals surface area contributed by atoms with Crippen molar-refractivity contribution in [1.82, 2.24) is 0 Å². The Labute approximate surface area is 125 Å². The number of nitrogens with one attached hydrogen (secondary N) is 1. The molecule has 0 spiro atoms. The number of carboxylic acid groups (broad SMARTS) is 1. The lowest BCUT2D eigenvalue weighted by molar-refractivity contribution is -0.147. The van der Waals surface area contributed by atoms with Crippen molar-refractivity contribution in [3.05, 3.63) is 24.3 Å². The fourth-order valence-electron chi connectivity index (χ4n) is 2.82. The third-order valence-electron chi connectivity index (χ3n) is 4.07. The maximum atomic E-state index is 12.3. The number of carbonyl (C=O) groups excluding carboxylic acids is 1. The molecular weight excluding hydrogens is 268 g/mol. The van der Waals surface area contributed by atoms with Gasteiger partial charge in [-0.15, -0.1) is 0 Å². The van der Waals surface area contributed by atoms with Gasteiger partial charge in [0, 0.05) is 25.5 Å². The first-order valence-corrected chi connectivity index (χ1v) is 7.30. The van der Waals surface area contributed by atoms with Gasteiger partial charge in [-0.25, -0.2) is 0 Å². The van der Waals surface area contributed by atoms with Gasteiger partial charge in [0.2, 0.25) is 5.91 Å². The summed E-state index contributed by atoms with van der Waals surface area (Å²) in [4.78, 5) is 25.6. The zero-order valence-corrected chi connectivity index (χ0v) is 12.5. The minimum Gasteiger partial charge on any atom is -0.481 e. The van der Waals surface area contributed by atoms with E-state index in [0.29, 0.717) is 18.5 Å². The lowest BCUT2D eigenvalue weighted by Gasteiger charge is -2.27. The van der Waals surface area contributed by atoms with Crippen LogP contribution in [0, 0.1) is 11.8 Å². The quantitative estimate of drug-likeness (QED) is 0.894. The molecule has 1 fully saturated rings. The Morgan fingerprint density at radius 3 is 2.19 bits per heavy atom. The third kappa shape index (κ3) is 3.74. The summed E-state index contributed by atoms with van der Waals surface area (Å²) in [5.41, 5.74) is 1.76. The molecule has 21 heavy (non-hydrogen) atoms. The second-order valence-corrected chi connectivity index (χ2v) is 5.77. The summed E-state index contributed by atoms with van der Waals surface area (Å²) in [7, 11) is 3.90. The van der Waals surface area contributed by atoms with Gasteiger partial charge >= 0.3 is 5.97 Å². The Kier molecular flexibility index (Phi) is 4.83. The van der Waals surface area contributed by atoms with Gasteiger partial charge in [0.05, 0.1) is 11.8 Å². The van der Waals surface area contributed by atoms with Crippen molar-refractivity contribution in [2.45, 2.75) is 25.7 Å². The molecule has 1 amide bonds. The molecule has 1 aromatic rings. The van der Waals surface area contributed by atoms with Crippen molar-refractivity contribution >= 4 is 23.3 Å². The molecule has 1 aromatic carbocycles. The third-order valence-corrected chi connectivity index (χ3v) is 4.07. The zero-order valence-electron chi connectivity index (χ0n) is 12.5. The number of hydrogen-bond acceptors (Lipinski definition) is 3. The lowest BCUT2D eigenvalue weighted by atomic mass is 9.78. The second kappa shape index (κ2) is 6.61. The molecule has 0 bridgehead atoms. The minimum atomic E-state index is -0.863. The van der Waals surface area contributed by atoms with E-state index in [1.165, 1.54) is 0 Å². The Morgan fingerprint density at radius 2 is 1.67 bits per heavy atom. The highest BCUT2D eigenvalue weighted by molar-refractivity contribution is 5.95. The van der Waals surface area contributed by atoms with E-state index in [4.69, 9.17) is 0 Å². The molecule has 0 unspecified atom stereocenters. The van der Waals surface area contributed by atoms with Crippen molar-refractivity contribution in [3.8, 4) is 0 Å². The van der Waals surface area contributed by atoms with E-state index in [0.717, 1.165) is 18.5 Å². The van der Waals surface area contributed by atoms with E-state index < -0.39 is 17.8 Å². The fourth-order valence-corrected chi connectivity index (χ4v) is 2.82. The van der Waals surface area contributed by atoms with E-state index in [-0.39, 0.29) is 5.91 Å². The highest BCUT2D eigenvalue weighted by Crippen LogP contribution is 2.31. The molecular formula is C16H22N2O3. The molecule has 5 heteroatoms. The van der Waals surface area contributed by atoms with Crippen LogP contribution in [0.4, 0.5) is 11.4 Å². The van der Waals surface area contributed by atoms with Crippen molar-refractivity contribution in [2.24, 2.45) is 11.8 Å². The average molecular weight is 290 g/mol. The standard InChI is InChI=1S/C16H22N2O3/c1-18(2)12-9-7-11(8-10-12)17-15(19)13-5-3-4-6-14(13)16(20)21/h7-10,13-14H,3-6H2,1-2H3,(H,17,19)(H,20,21)/t13-,14+/m1/s1. The van der Waals surface area contributed by atoms with Crippen LogP contribution < -0.4 is 10.2 Å². The zero-order chi connectivity index (χ0) is 15.4. The summed E-state index contributed by atoms with van der Waals surface area (Å²) in [6.45, 7) is 0. The minimum absolute atomic E-state index is 0.181. The number of hydrogen-bond donors (Lipinski definition) is 2. The van der Waals surface area contributed by atoms with Crippen molar-refractivity contribution in [3.63, 3.8) is 0 Å². The molecule has 0 radical (unpaired) electrons. The molecule has 0 saturated heterocycles. The molecule has 1 saturated carbocycles. The number of nitrogens with zero attached hydrogens (tertiary/aromatic N) is 1. The smallest absolute Gasteiger partial charge is 0.307 e. The highest BCUT2D eigenvalue weighted by Gasteiger charge is 2.35. The first-order chi connectivity index (χ1) is 9.99. The second-order valence-electron chi connectivity index (χ2n) is 5.77. The van der Waals surface area contributed by atoms with Gasteiger partial charge < -0.3 is 15.3 Å². The van der Waals surface area contributed by atoms with Crippen LogP contribution in [0.2, 0.25) is 0 Å². The van der Waals surface area contributed by atoms with Crippen LogP contribution in [0.5, 0.6) is 0 Å². The van der Waals surface area contributed by atoms with Crippen LogP contribution in [-0.2, 0) is 9.59 Å². The molecule has 0 heterocycles. The van der Waals surface area contributed by atoms with Crippen LogP contribution >= 0.6 is 0 Å². The van der Waals surface area contributed by atoms with Crippen LogP contribution in [0.3, 0.4) is 0 Å².